The zero-order chi connectivity index (χ0) is 15.1. The van der Waals surface area contributed by atoms with Gasteiger partial charge in [0.15, 0.2) is 0 Å². The van der Waals surface area contributed by atoms with Gasteiger partial charge in [0, 0.05) is 18.8 Å². The van der Waals surface area contributed by atoms with Crippen LogP contribution >= 0.6 is 0 Å². The van der Waals surface area contributed by atoms with Crippen molar-refractivity contribution >= 4 is 11.7 Å². The lowest BCUT2D eigenvalue weighted by atomic mass is 10.1. The molecule has 0 atom stereocenters. The summed E-state index contributed by atoms with van der Waals surface area (Å²) < 4.78 is 4.66. The van der Waals surface area contributed by atoms with Crippen LogP contribution in [-0.2, 0) is 17.7 Å². The Morgan fingerprint density at radius 1 is 1.05 bits per heavy atom. The van der Waals surface area contributed by atoms with Crippen molar-refractivity contribution in [3.63, 3.8) is 0 Å². The van der Waals surface area contributed by atoms with Crippen LogP contribution in [0.1, 0.15) is 21.5 Å². The van der Waals surface area contributed by atoms with E-state index < -0.39 is 0 Å². The van der Waals surface area contributed by atoms with Crippen LogP contribution in [0, 0.1) is 0 Å². The fraction of sp³-hybridized carbons (Fsp3) is 0.235. The highest BCUT2D eigenvalue weighted by Gasteiger charge is 2.04. The van der Waals surface area contributed by atoms with E-state index in [2.05, 4.69) is 10.1 Å². The van der Waals surface area contributed by atoms with E-state index in [1.54, 1.807) is 12.1 Å². The van der Waals surface area contributed by atoms with E-state index in [4.69, 9.17) is 5.11 Å². The van der Waals surface area contributed by atoms with Crippen molar-refractivity contribution in [2.75, 3.05) is 19.0 Å². The van der Waals surface area contributed by atoms with Crippen LogP contribution < -0.4 is 5.32 Å². The van der Waals surface area contributed by atoms with Crippen molar-refractivity contribution < 1.29 is 14.6 Å². The zero-order valence-corrected chi connectivity index (χ0v) is 12.0. The number of hydrogen-bond acceptors (Lipinski definition) is 4. The van der Waals surface area contributed by atoms with Gasteiger partial charge in [0.05, 0.1) is 12.7 Å². The van der Waals surface area contributed by atoms with Crippen molar-refractivity contribution in [3.05, 3.63) is 65.2 Å². The van der Waals surface area contributed by atoms with Gasteiger partial charge in [-0.1, -0.05) is 24.3 Å². The van der Waals surface area contributed by atoms with Crippen molar-refractivity contribution in [1.82, 2.24) is 0 Å². The minimum atomic E-state index is -0.325. The summed E-state index contributed by atoms with van der Waals surface area (Å²) >= 11 is 0. The molecule has 110 valence electrons. The van der Waals surface area contributed by atoms with Gasteiger partial charge in [0.2, 0.25) is 0 Å². The van der Waals surface area contributed by atoms with Gasteiger partial charge >= 0.3 is 5.97 Å². The lowest BCUT2D eigenvalue weighted by molar-refractivity contribution is 0.0600. The second-order valence-electron chi connectivity index (χ2n) is 4.71. The summed E-state index contributed by atoms with van der Waals surface area (Å²) in [5.74, 6) is -0.325. The Balaban J connectivity index is 1.91. The topological polar surface area (TPSA) is 58.6 Å². The molecule has 0 aliphatic carbocycles. The van der Waals surface area contributed by atoms with Crippen LogP contribution in [0.3, 0.4) is 0 Å². The molecular formula is C17H19NO3. The average molecular weight is 285 g/mol. The molecule has 0 bridgehead atoms. The van der Waals surface area contributed by atoms with E-state index in [9.17, 15) is 4.79 Å². The predicted molar refractivity (Wildman–Crippen MR) is 82.3 cm³/mol. The Bertz CT molecular complexity index is 576. The molecule has 0 saturated carbocycles. The van der Waals surface area contributed by atoms with E-state index in [1.807, 2.05) is 36.4 Å². The zero-order valence-electron chi connectivity index (χ0n) is 12.0. The van der Waals surface area contributed by atoms with Gasteiger partial charge in [0.25, 0.3) is 0 Å². The molecule has 0 aromatic heterocycles. The maximum Gasteiger partial charge on any atom is 0.337 e. The van der Waals surface area contributed by atoms with Gasteiger partial charge in [-0.15, -0.1) is 0 Å². The second kappa shape index (κ2) is 7.45. The number of ether oxygens (including phenoxy) is 1. The van der Waals surface area contributed by atoms with Crippen LogP contribution in [0.25, 0.3) is 0 Å². The number of nitrogens with one attached hydrogen (secondary N) is 1. The standard InChI is InChI=1S/C17H19NO3/c1-21-17(20)15-6-2-14(3-7-15)12-18-16-8-4-13(5-9-16)10-11-19/h2-9,18-19H,10-12H2,1H3. The van der Waals surface area contributed by atoms with Gasteiger partial charge in [0.1, 0.15) is 0 Å². The number of esters is 1. The van der Waals surface area contributed by atoms with Crippen LogP contribution in [-0.4, -0.2) is 24.8 Å². The number of carbonyl (C=O) groups excluding carboxylic acids is 1. The molecule has 0 fully saturated rings. The third-order valence-corrected chi connectivity index (χ3v) is 3.23. The second-order valence-corrected chi connectivity index (χ2v) is 4.71. The lowest BCUT2D eigenvalue weighted by Crippen LogP contribution is -2.03. The Hall–Kier alpha value is -2.33. The van der Waals surface area contributed by atoms with Crippen LogP contribution in [0.4, 0.5) is 5.69 Å². The lowest BCUT2D eigenvalue weighted by Gasteiger charge is -2.08. The average Bonchev–Trinajstić information content (AvgIpc) is 2.54. The first-order chi connectivity index (χ1) is 10.2. The van der Waals surface area contributed by atoms with E-state index in [-0.39, 0.29) is 12.6 Å². The molecule has 4 nitrogen and oxygen atoms in total. The smallest absolute Gasteiger partial charge is 0.337 e. The highest BCUT2D eigenvalue weighted by atomic mass is 16.5. The Kier molecular flexibility index (Phi) is 5.35. The number of benzene rings is 2. The molecule has 2 N–H and O–H groups in total. The summed E-state index contributed by atoms with van der Waals surface area (Å²) in [6, 6.07) is 15.3. The van der Waals surface area contributed by atoms with Gasteiger partial charge in [-0.05, 0) is 41.8 Å². The fourth-order valence-corrected chi connectivity index (χ4v) is 2.00. The number of carbonyl (C=O) groups is 1. The minimum Gasteiger partial charge on any atom is -0.465 e. The predicted octanol–water partition coefficient (Wildman–Crippen LogP) is 2.62. The molecule has 0 radical (unpaired) electrons. The summed E-state index contributed by atoms with van der Waals surface area (Å²) in [6.07, 6.45) is 0.676. The molecule has 4 heteroatoms. The summed E-state index contributed by atoms with van der Waals surface area (Å²) in [5, 5.41) is 12.2. The van der Waals surface area contributed by atoms with E-state index in [1.165, 1.54) is 7.11 Å². The molecular weight excluding hydrogens is 266 g/mol. The first-order valence-electron chi connectivity index (χ1n) is 6.84. The van der Waals surface area contributed by atoms with Crippen molar-refractivity contribution in [2.45, 2.75) is 13.0 Å². The van der Waals surface area contributed by atoms with E-state index in [0.717, 1.165) is 16.8 Å². The van der Waals surface area contributed by atoms with Crippen LogP contribution in [0.5, 0.6) is 0 Å². The Morgan fingerprint density at radius 2 is 1.67 bits per heavy atom. The van der Waals surface area contributed by atoms with Crippen molar-refractivity contribution in [1.29, 1.82) is 0 Å². The quantitative estimate of drug-likeness (QED) is 0.801. The molecule has 0 amide bonds. The maximum absolute atomic E-state index is 11.3. The maximum atomic E-state index is 11.3. The van der Waals surface area contributed by atoms with Crippen molar-refractivity contribution in [3.8, 4) is 0 Å². The number of anilines is 1. The fourth-order valence-electron chi connectivity index (χ4n) is 2.00. The van der Waals surface area contributed by atoms with Gasteiger partial charge in [-0.2, -0.15) is 0 Å². The number of aliphatic hydroxyl groups is 1. The van der Waals surface area contributed by atoms with Gasteiger partial charge in [-0.3, -0.25) is 0 Å². The number of methoxy groups -OCH3 is 1. The monoisotopic (exact) mass is 285 g/mol. The molecule has 0 spiro atoms. The number of hydrogen-bond donors (Lipinski definition) is 2. The minimum absolute atomic E-state index is 0.166. The molecule has 0 aliphatic heterocycles. The SMILES string of the molecule is COC(=O)c1ccc(CNc2ccc(CCO)cc2)cc1. The third-order valence-electron chi connectivity index (χ3n) is 3.23. The Labute approximate surface area is 124 Å². The Morgan fingerprint density at radius 3 is 2.24 bits per heavy atom. The molecule has 0 saturated heterocycles. The highest BCUT2D eigenvalue weighted by Crippen LogP contribution is 2.12. The molecule has 2 aromatic carbocycles. The third kappa shape index (κ3) is 4.33. The van der Waals surface area contributed by atoms with Crippen molar-refractivity contribution in [2.24, 2.45) is 0 Å². The summed E-state index contributed by atoms with van der Waals surface area (Å²) in [4.78, 5) is 11.3. The molecule has 2 rings (SSSR count). The molecule has 0 heterocycles. The normalized spacial score (nSPS) is 10.2. The first kappa shape index (κ1) is 15.1. The van der Waals surface area contributed by atoms with E-state index >= 15 is 0 Å². The highest BCUT2D eigenvalue weighted by molar-refractivity contribution is 5.89. The largest absolute Gasteiger partial charge is 0.465 e. The summed E-state index contributed by atoms with van der Waals surface area (Å²) in [5.41, 5.74) is 3.77. The van der Waals surface area contributed by atoms with E-state index in [0.29, 0.717) is 18.5 Å². The number of aliphatic hydroxyl groups excluding tert-OH is 1. The summed E-state index contributed by atoms with van der Waals surface area (Å²) in [7, 11) is 1.37. The molecule has 21 heavy (non-hydrogen) atoms. The first-order valence-corrected chi connectivity index (χ1v) is 6.84. The van der Waals surface area contributed by atoms with Gasteiger partial charge in [-0.25, -0.2) is 4.79 Å². The summed E-state index contributed by atoms with van der Waals surface area (Å²) in [6.45, 7) is 0.847. The molecule has 0 unspecified atom stereocenters. The van der Waals surface area contributed by atoms with Crippen LogP contribution in [0.15, 0.2) is 48.5 Å². The molecule has 2 aromatic rings. The molecule has 0 aliphatic rings. The number of rotatable bonds is 6. The van der Waals surface area contributed by atoms with Crippen LogP contribution in [0.2, 0.25) is 0 Å². The van der Waals surface area contributed by atoms with Gasteiger partial charge < -0.3 is 15.2 Å².